The highest BCUT2D eigenvalue weighted by atomic mass is 16.2. The van der Waals surface area contributed by atoms with Crippen molar-refractivity contribution < 1.29 is 4.79 Å². The summed E-state index contributed by atoms with van der Waals surface area (Å²) < 4.78 is 0. The molecule has 0 saturated heterocycles. The summed E-state index contributed by atoms with van der Waals surface area (Å²) >= 11 is 0. The highest BCUT2D eigenvalue weighted by Gasteiger charge is 2.29. The Morgan fingerprint density at radius 3 is 1.56 bits per heavy atom. The van der Waals surface area contributed by atoms with Gasteiger partial charge in [-0.1, -0.05) is 20.8 Å². The first-order chi connectivity index (χ1) is 8.60. The zero-order chi connectivity index (χ0) is 13.9. The van der Waals surface area contributed by atoms with Crippen LogP contribution < -0.4 is 27.0 Å². The van der Waals surface area contributed by atoms with E-state index in [0.29, 0.717) is 6.54 Å². The van der Waals surface area contributed by atoms with E-state index >= 15 is 0 Å². The maximum Gasteiger partial charge on any atom is 0.312 e. The number of amides is 2. The average Bonchev–Trinajstić information content (AvgIpc) is 2.37. The smallest absolute Gasteiger partial charge is 0.312 e. The SMILES string of the molecule is CCNCC(CNCC)(CNCC)CNC(N)=O. The summed E-state index contributed by atoms with van der Waals surface area (Å²) in [6.45, 7) is 12.0. The molecule has 0 radical (unpaired) electrons. The van der Waals surface area contributed by atoms with Gasteiger partial charge in [0.15, 0.2) is 0 Å². The van der Waals surface area contributed by atoms with Crippen LogP contribution in [0.1, 0.15) is 20.8 Å². The van der Waals surface area contributed by atoms with Gasteiger partial charge in [-0.3, -0.25) is 0 Å². The molecule has 6 N–H and O–H groups in total. The predicted molar refractivity (Wildman–Crippen MR) is 75.7 cm³/mol. The van der Waals surface area contributed by atoms with Crippen molar-refractivity contribution in [2.24, 2.45) is 11.1 Å². The van der Waals surface area contributed by atoms with Gasteiger partial charge < -0.3 is 27.0 Å². The minimum Gasteiger partial charge on any atom is -0.352 e. The van der Waals surface area contributed by atoms with Crippen molar-refractivity contribution in [3.63, 3.8) is 0 Å². The van der Waals surface area contributed by atoms with Gasteiger partial charge in [-0.2, -0.15) is 0 Å². The van der Waals surface area contributed by atoms with Crippen molar-refractivity contribution in [2.45, 2.75) is 20.8 Å². The van der Waals surface area contributed by atoms with E-state index < -0.39 is 6.03 Å². The van der Waals surface area contributed by atoms with Gasteiger partial charge >= 0.3 is 6.03 Å². The van der Waals surface area contributed by atoms with Crippen LogP contribution in [0.25, 0.3) is 0 Å². The molecule has 2 amide bonds. The largest absolute Gasteiger partial charge is 0.352 e. The topological polar surface area (TPSA) is 91.2 Å². The molecule has 0 rings (SSSR count). The molecule has 0 fully saturated rings. The summed E-state index contributed by atoms with van der Waals surface area (Å²) in [7, 11) is 0. The van der Waals surface area contributed by atoms with Crippen LogP contribution in [0.5, 0.6) is 0 Å². The molecule has 0 aromatic heterocycles. The van der Waals surface area contributed by atoms with Gasteiger partial charge in [-0.05, 0) is 19.6 Å². The standard InChI is InChI=1S/C12H29N5O/c1-4-14-7-12(8-15-5-2,9-16-6-3)10-17-11(13)18/h14-16H,4-10H2,1-3H3,(H3,13,17,18). The Hall–Kier alpha value is -0.850. The lowest BCUT2D eigenvalue weighted by atomic mass is 9.87. The van der Waals surface area contributed by atoms with Crippen LogP contribution >= 0.6 is 0 Å². The molecule has 0 aliphatic carbocycles. The average molecular weight is 259 g/mol. The number of rotatable bonds is 11. The summed E-state index contributed by atoms with van der Waals surface area (Å²) in [5.74, 6) is 0. The third kappa shape index (κ3) is 7.47. The number of primary amides is 1. The van der Waals surface area contributed by atoms with Gasteiger partial charge in [-0.25, -0.2) is 4.79 Å². The molecule has 0 aromatic rings. The maximum atomic E-state index is 10.9. The fourth-order valence-corrected chi connectivity index (χ4v) is 1.82. The lowest BCUT2D eigenvalue weighted by Gasteiger charge is -2.34. The Bertz CT molecular complexity index is 201. The predicted octanol–water partition coefficient (Wildman–Crippen LogP) is -0.530. The van der Waals surface area contributed by atoms with Gasteiger partial charge in [-0.15, -0.1) is 0 Å². The van der Waals surface area contributed by atoms with Crippen molar-refractivity contribution in [2.75, 3.05) is 45.8 Å². The van der Waals surface area contributed by atoms with E-state index in [1.54, 1.807) is 0 Å². The first-order valence-electron chi connectivity index (χ1n) is 6.75. The number of nitrogens with one attached hydrogen (secondary N) is 4. The van der Waals surface area contributed by atoms with Gasteiger partial charge in [0.2, 0.25) is 0 Å². The molecule has 0 aliphatic heterocycles. The third-order valence-electron chi connectivity index (χ3n) is 2.89. The Balaban J connectivity index is 4.55. The molecule has 0 bridgehead atoms. The van der Waals surface area contributed by atoms with Crippen LogP contribution in [-0.2, 0) is 0 Å². The minimum atomic E-state index is -0.469. The molecular formula is C12H29N5O. The summed E-state index contributed by atoms with van der Waals surface area (Å²) in [5, 5.41) is 12.8. The number of carbonyl (C=O) groups excluding carboxylic acids is 1. The summed E-state index contributed by atoms with van der Waals surface area (Å²) in [5.41, 5.74) is 5.12. The number of nitrogens with two attached hydrogens (primary N) is 1. The molecule has 18 heavy (non-hydrogen) atoms. The van der Waals surface area contributed by atoms with E-state index in [-0.39, 0.29) is 5.41 Å². The van der Waals surface area contributed by atoms with E-state index in [1.165, 1.54) is 0 Å². The van der Waals surface area contributed by atoms with Gasteiger partial charge in [0.25, 0.3) is 0 Å². The highest BCUT2D eigenvalue weighted by Crippen LogP contribution is 2.13. The van der Waals surface area contributed by atoms with Crippen LogP contribution in [0.4, 0.5) is 4.79 Å². The second-order valence-corrected chi connectivity index (χ2v) is 4.56. The monoisotopic (exact) mass is 259 g/mol. The van der Waals surface area contributed by atoms with Crippen LogP contribution in [0.3, 0.4) is 0 Å². The highest BCUT2D eigenvalue weighted by molar-refractivity contribution is 5.71. The van der Waals surface area contributed by atoms with Crippen molar-refractivity contribution >= 4 is 6.03 Å². The fourth-order valence-electron chi connectivity index (χ4n) is 1.82. The maximum absolute atomic E-state index is 10.9. The van der Waals surface area contributed by atoms with E-state index in [1.807, 2.05) is 0 Å². The number of carbonyl (C=O) groups is 1. The van der Waals surface area contributed by atoms with E-state index in [2.05, 4.69) is 42.0 Å². The van der Waals surface area contributed by atoms with E-state index in [0.717, 1.165) is 39.3 Å². The van der Waals surface area contributed by atoms with Crippen LogP contribution in [0, 0.1) is 5.41 Å². The Morgan fingerprint density at radius 1 is 0.889 bits per heavy atom. The van der Waals surface area contributed by atoms with Crippen LogP contribution in [0.2, 0.25) is 0 Å². The molecule has 0 aliphatic rings. The molecule has 6 nitrogen and oxygen atoms in total. The molecule has 6 heteroatoms. The van der Waals surface area contributed by atoms with Gasteiger partial charge in [0, 0.05) is 31.6 Å². The number of hydrogen-bond acceptors (Lipinski definition) is 4. The molecule has 108 valence electrons. The lowest BCUT2D eigenvalue weighted by molar-refractivity contribution is 0.222. The molecular weight excluding hydrogens is 230 g/mol. The molecule has 0 saturated carbocycles. The van der Waals surface area contributed by atoms with Crippen molar-refractivity contribution in [1.82, 2.24) is 21.3 Å². The quantitative estimate of drug-likeness (QED) is 0.345. The van der Waals surface area contributed by atoms with Crippen molar-refractivity contribution in [3.8, 4) is 0 Å². The fraction of sp³-hybridized carbons (Fsp3) is 0.917. The molecule has 0 aromatic carbocycles. The van der Waals surface area contributed by atoms with Crippen LogP contribution in [0.15, 0.2) is 0 Å². The van der Waals surface area contributed by atoms with Gasteiger partial charge in [0.1, 0.15) is 0 Å². The lowest BCUT2D eigenvalue weighted by Crippen LogP contribution is -2.55. The van der Waals surface area contributed by atoms with E-state index in [4.69, 9.17) is 5.73 Å². The zero-order valence-corrected chi connectivity index (χ0v) is 11.9. The molecule has 0 spiro atoms. The molecule has 0 atom stereocenters. The number of hydrogen-bond donors (Lipinski definition) is 5. The normalized spacial score (nSPS) is 11.5. The summed E-state index contributed by atoms with van der Waals surface area (Å²) in [4.78, 5) is 10.9. The molecule has 0 heterocycles. The summed E-state index contributed by atoms with van der Waals surface area (Å²) in [6, 6.07) is -0.469. The first-order valence-corrected chi connectivity index (χ1v) is 6.75. The third-order valence-corrected chi connectivity index (χ3v) is 2.89. The summed E-state index contributed by atoms with van der Waals surface area (Å²) in [6.07, 6.45) is 0. The number of urea groups is 1. The molecule has 0 unspecified atom stereocenters. The van der Waals surface area contributed by atoms with Gasteiger partial charge in [0.05, 0.1) is 0 Å². The second kappa shape index (κ2) is 10.1. The Kier molecular flexibility index (Phi) is 9.63. The van der Waals surface area contributed by atoms with Crippen molar-refractivity contribution in [3.05, 3.63) is 0 Å². The first kappa shape index (κ1) is 17.2. The van der Waals surface area contributed by atoms with Crippen LogP contribution in [-0.4, -0.2) is 51.8 Å². The van der Waals surface area contributed by atoms with E-state index in [9.17, 15) is 4.79 Å². The minimum absolute atomic E-state index is 0.0585. The second-order valence-electron chi connectivity index (χ2n) is 4.56. The zero-order valence-electron chi connectivity index (χ0n) is 11.9. The van der Waals surface area contributed by atoms with Crippen molar-refractivity contribution in [1.29, 1.82) is 0 Å². The Morgan fingerprint density at radius 2 is 1.28 bits per heavy atom. The Labute approximate surface area is 110 Å².